The fourth-order valence-corrected chi connectivity index (χ4v) is 1.57. The van der Waals surface area contributed by atoms with Gasteiger partial charge in [-0.25, -0.2) is 4.98 Å². The minimum Gasteiger partial charge on any atom is -0.444 e. The van der Waals surface area contributed by atoms with Gasteiger partial charge in [-0.05, 0) is 11.6 Å². The molecule has 0 bridgehead atoms. The molecule has 0 spiro atoms. The summed E-state index contributed by atoms with van der Waals surface area (Å²) in [5, 5.41) is 3.30. The Bertz CT molecular complexity index is 445. The van der Waals surface area contributed by atoms with Crippen molar-refractivity contribution in [3.05, 3.63) is 41.9 Å². The zero-order valence-corrected chi connectivity index (χ0v) is 9.73. The normalized spacial score (nSPS) is 10.9. The summed E-state index contributed by atoms with van der Waals surface area (Å²) >= 11 is 0. The fourth-order valence-electron chi connectivity index (χ4n) is 1.57. The first kappa shape index (κ1) is 11.0. The van der Waals surface area contributed by atoms with Gasteiger partial charge in [0, 0.05) is 32.4 Å². The lowest BCUT2D eigenvalue weighted by atomic mass is 10.3. The standard InChI is InChI=1S/C12H17N3O/c1-3-11-7-14-12(16-11)8-13-6-10-4-5-15(2)9-10/h4-5,7,9,13H,3,6,8H2,1-2H3. The maximum atomic E-state index is 5.50. The van der Waals surface area contributed by atoms with Crippen LogP contribution in [0.25, 0.3) is 0 Å². The van der Waals surface area contributed by atoms with E-state index in [1.165, 1.54) is 5.56 Å². The molecule has 0 saturated carbocycles. The van der Waals surface area contributed by atoms with Crippen molar-refractivity contribution in [3.63, 3.8) is 0 Å². The van der Waals surface area contributed by atoms with E-state index < -0.39 is 0 Å². The quantitative estimate of drug-likeness (QED) is 0.834. The third-order valence-electron chi connectivity index (χ3n) is 2.45. The fraction of sp³-hybridized carbons (Fsp3) is 0.417. The number of hydrogen-bond acceptors (Lipinski definition) is 3. The number of aromatic nitrogens is 2. The van der Waals surface area contributed by atoms with Crippen molar-refractivity contribution >= 4 is 0 Å². The van der Waals surface area contributed by atoms with E-state index in [9.17, 15) is 0 Å². The Kier molecular flexibility index (Phi) is 3.41. The van der Waals surface area contributed by atoms with E-state index in [0.29, 0.717) is 6.54 Å². The van der Waals surface area contributed by atoms with Gasteiger partial charge < -0.3 is 14.3 Å². The molecular formula is C12H17N3O. The molecule has 0 aliphatic rings. The van der Waals surface area contributed by atoms with Crippen LogP contribution in [0.4, 0.5) is 0 Å². The zero-order chi connectivity index (χ0) is 11.4. The molecule has 0 unspecified atom stereocenters. The molecule has 2 aromatic rings. The number of hydrogen-bond donors (Lipinski definition) is 1. The van der Waals surface area contributed by atoms with Crippen molar-refractivity contribution in [1.29, 1.82) is 0 Å². The molecule has 2 aromatic heterocycles. The second-order valence-electron chi connectivity index (χ2n) is 3.86. The van der Waals surface area contributed by atoms with E-state index >= 15 is 0 Å². The Hall–Kier alpha value is -1.55. The molecule has 4 heteroatoms. The summed E-state index contributed by atoms with van der Waals surface area (Å²) in [4.78, 5) is 4.19. The Labute approximate surface area is 95.3 Å². The second kappa shape index (κ2) is 4.99. The van der Waals surface area contributed by atoms with Gasteiger partial charge in [0.25, 0.3) is 0 Å². The number of aryl methyl sites for hydroxylation is 2. The molecule has 0 atom stereocenters. The minimum absolute atomic E-state index is 0.675. The zero-order valence-electron chi connectivity index (χ0n) is 9.73. The number of nitrogens with zero attached hydrogens (tertiary/aromatic N) is 2. The van der Waals surface area contributed by atoms with Gasteiger partial charge in [-0.1, -0.05) is 6.92 Å². The molecule has 4 nitrogen and oxygen atoms in total. The second-order valence-corrected chi connectivity index (χ2v) is 3.86. The smallest absolute Gasteiger partial charge is 0.208 e. The monoisotopic (exact) mass is 219 g/mol. The summed E-state index contributed by atoms with van der Waals surface area (Å²) in [5.41, 5.74) is 1.27. The first-order chi connectivity index (χ1) is 7.78. The molecule has 0 aliphatic heterocycles. The average Bonchev–Trinajstić information content (AvgIpc) is 2.88. The van der Waals surface area contributed by atoms with Gasteiger partial charge in [0.2, 0.25) is 5.89 Å². The molecule has 2 heterocycles. The van der Waals surface area contributed by atoms with E-state index in [1.54, 1.807) is 6.20 Å². The lowest BCUT2D eigenvalue weighted by molar-refractivity contribution is 0.439. The molecule has 0 aromatic carbocycles. The molecule has 0 fully saturated rings. The molecule has 0 amide bonds. The Morgan fingerprint density at radius 1 is 1.44 bits per heavy atom. The van der Waals surface area contributed by atoms with E-state index in [2.05, 4.69) is 29.5 Å². The summed E-state index contributed by atoms with van der Waals surface area (Å²) in [7, 11) is 2.02. The predicted molar refractivity (Wildman–Crippen MR) is 61.8 cm³/mol. The van der Waals surface area contributed by atoms with Gasteiger partial charge in [-0.15, -0.1) is 0 Å². The van der Waals surface area contributed by atoms with Crippen molar-refractivity contribution in [2.75, 3.05) is 0 Å². The highest BCUT2D eigenvalue weighted by Gasteiger charge is 2.01. The molecule has 0 aliphatic carbocycles. The van der Waals surface area contributed by atoms with Gasteiger partial charge in [-0.3, -0.25) is 0 Å². The predicted octanol–water partition coefficient (Wildman–Crippen LogP) is 1.87. The molecule has 16 heavy (non-hydrogen) atoms. The Balaban J connectivity index is 1.79. The van der Waals surface area contributed by atoms with Crippen LogP contribution in [0.5, 0.6) is 0 Å². The van der Waals surface area contributed by atoms with Crippen molar-refractivity contribution < 1.29 is 4.42 Å². The Morgan fingerprint density at radius 3 is 2.94 bits per heavy atom. The van der Waals surface area contributed by atoms with E-state index in [-0.39, 0.29) is 0 Å². The van der Waals surface area contributed by atoms with Crippen molar-refractivity contribution in [2.24, 2.45) is 7.05 Å². The van der Waals surface area contributed by atoms with Crippen LogP contribution < -0.4 is 5.32 Å². The molecular weight excluding hydrogens is 202 g/mol. The highest BCUT2D eigenvalue weighted by Crippen LogP contribution is 2.04. The molecule has 86 valence electrons. The Morgan fingerprint density at radius 2 is 2.31 bits per heavy atom. The van der Waals surface area contributed by atoms with Crippen molar-refractivity contribution in [3.8, 4) is 0 Å². The van der Waals surface area contributed by atoms with Crippen LogP contribution >= 0.6 is 0 Å². The molecule has 2 rings (SSSR count). The van der Waals surface area contributed by atoms with Gasteiger partial charge in [-0.2, -0.15) is 0 Å². The number of rotatable bonds is 5. The maximum absolute atomic E-state index is 5.50. The van der Waals surface area contributed by atoms with Crippen molar-refractivity contribution in [1.82, 2.24) is 14.9 Å². The van der Waals surface area contributed by atoms with Crippen LogP contribution in [-0.2, 0) is 26.6 Å². The summed E-state index contributed by atoms with van der Waals surface area (Å²) in [5.74, 6) is 1.70. The van der Waals surface area contributed by atoms with Crippen LogP contribution in [0.1, 0.15) is 24.1 Å². The van der Waals surface area contributed by atoms with E-state index in [1.807, 2.05) is 17.8 Å². The minimum atomic E-state index is 0.675. The number of nitrogens with one attached hydrogen (secondary N) is 1. The van der Waals surface area contributed by atoms with Crippen LogP contribution in [0, 0.1) is 0 Å². The summed E-state index contributed by atoms with van der Waals surface area (Å²) in [6.45, 7) is 3.57. The van der Waals surface area contributed by atoms with Crippen LogP contribution in [-0.4, -0.2) is 9.55 Å². The van der Waals surface area contributed by atoms with Gasteiger partial charge in [0.15, 0.2) is 0 Å². The summed E-state index contributed by atoms with van der Waals surface area (Å²) in [6.07, 6.45) is 6.82. The largest absolute Gasteiger partial charge is 0.444 e. The van der Waals surface area contributed by atoms with Crippen LogP contribution in [0.3, 0.4) is 0 Å². The topological polar surface area (TPSA) is 43.0 Å². The van der Waals surface area contributed by atoms with Crippen molar-refractivity contribution in [2.45, 2.75) is 26.4 Å². The summed E-state index contributed by atoms with van der Waals surface area (Å²) < 4.78 is 7.54. The number of oxazole rings is 1. The molecule has 0 saturated heterocycles. The van der Waals surface area contributed by atoms with Gasteiger partial charge >= 0.3 is 0 Å². The third kappa shape index (κ3) is 2.73. The SMILES string of the molecule is CCc1cnc(CNCc2ccn(C)c2)o1. The van der Waals surface area contributed by atoms with Crippen LogP contribution in [0.2, 0.25) is 0 Å². The molecule has 1 N–H and O–H groups in total. The highest BCUT2D eigenvalue weighted by molar-refractivity contribution is 5.09. The molecule has 0 radical (unpaired) electrons. The first-order valence-corrected chi connectivity index (χ1v) is 5.53. The van der Waals surface area contributed by atoms with E-state index in [4.69, 9.17) is 4.42 Å². The third-order valence-corrected chi connectivity index (χ3v) is 2.45. The summed E-state index contributed by atoms with van der Waals surface area (Å²) in [6, 6.07) is 2.10. The lowest BCUT2D eigenvalue weighted by Crippen LogP contribution is -2.12. The van der Waals surface area contributed by atoms with Gasteiger partial charge in [0.05, 0.1) is 12.7 Å². The maximum Gasteiger partial charge on any atom is 0.208 e. The van der Waals surface area contributed by atoms with Crippen LogP contribution in [0.15, 0.2) is 29.1 Å². The van der Waals surface area contributed by atoms with Gasteiger partial charge in [0.1, 0.15) is 5.76 Å². The first-order valence-electron chi connectivity index (χ1n) is 5.53. The average molecular weight is 219 g/mol. The van der Waals surface area contributed by atoms with E-state index in [0.717, 1.165) is 24.6 Å². The lowest BCUT2D eigenvalue weighted by Gasteiger charge is -1.99. The highest BCUT2D eigenvalue weighted by atomic mass is 16.4.